The molecule has 5 rings (SSSR count). The number of benzene rings is 4. The lowest BCUT2D eigenvalue weighted by Crippen LogP contribution is -2.55. The standard InChI is InChI=1S/C40H47N3O5S2/c1-4-48-35-21-19-34(20-22-35)43(50(46,47)37-25-23-36(49-3)24-26-37)29-39(44)42(28-32-16-12-11-13-30(32)2)38(27-31-14-7-5-8-15-31)40(45)41-33-17-9-6-10-18-33/h5,7-8,11-16,19-26,33,38H,4,6,9-10,17-18,27-29H2,1-3H3,(H,41,45)/t38-/m1/s1. The van der Waals surface area contributed by atoms with E-state index in [0.717, 1.165) is 58.0 Å². The zero-order chi connectivity index (χ0) is 35.5. The number of amides is 2. The van der Waals surface area contributed by atoms with E-state index in [1.807, 2.05) is 74.7 Å². The van der Waals surface area contributed by atoms with Crippen molar-refractivity contribution in [2.24, 2.45) is 0 Å². The van der Waals surface area contributed by atoms with Crippen LogP contribution in [-0.2, 0) is 32.6 Å². The van der Waals surface area contributed by atoms with Gasteiger partial charge in [0, 0.05) is 23.9 Å². The van der Waals surface area contributed by atoms with Crippen LogP contribution in [0.2, 0.25) is 0 Å². The van der Waals surface area contributed by atoms with Crippen LogP contribution in [0.1, 0.15) is 55.7 Å². The first-order valence-corrected chi connectivity index (χ1v) is 19.9. The number of carbonyl (C=O) groups excluding carboxylic acids is 2. The van der Waals surface area contributed by atoms with Crippen molar-refractivity contribution in [3.63, 3.8) is 0 Å². The van der Waals surface area contributed by atoms with Gasteiger partial charge in [0.2, 0.25) is 11.8 Å². The number of anilines is 1. The zero-order valence-electron chi connectivity index (χ0n) is 29.1. The fourth-order valence-electron chi connectivity index (χ4n) is 6.35. The van der Waals surface area contributed by atoms with E-state index in [9.17, 15) is 18.0 Å². The molecule has 0 spiro atoms. The van der Waals surface area contributed by atoms with Crippen molar-refractivity contribution in [3.05, 3.63) is 120 Å². The number of nitrogens with zero attached hydrogens (tertiary/aromatic N) is 2. The van der Waals surface area contributed by atoms with Crippen molar-refractivity contribution in [1.29, 1.82) is 0 Å². The molecule has 4 aromatic carbocycles. The van der Waals surface area contributed by atoms with Gasteiger partial charge in [0.1, 0.15) is 18.3 Å². The molecule has 50 heavy (non-hydrogen) atoms. The number of carbonyl (C=O) groups is 2. The van der Waals surface area contributed by atoms with Crippen molar-refractivity contribution < 1.29 is 22.7 Å². The summed E-state index contributed by atoms with van der Waals surface area (Å²) in [5.74, 6) is -0.121. The van der Waals surface area contributed by atoms with Crippen LogP contribution in [0, 0.1) is 6.92 Å². The second kappa shape index (κ2) is 17.6. The third kappa shape index (κ3) is 9.48. The predicted molar refractivity (Wildman–Crippen MR) is 201 cm³/mol. The van der Waals surface area contributed by atoms with Crippen LogP contribution in [0.25, 0.3) is 0 Å². The van der Waals surface area contributed by atoms with Gasteiger partial charge in [-0.15, -0.1) is 11.8 Å². The quantitative estimate of drug-likeness (QED) is 0.129. The number of hydrogen-bond donors (Lipinski definition) is 1. The van der Waals surface area contributed by atoms with Crippen molar-refractivity contribution in [2.45, 2.75) is 80.8 Å². The Balaban J connectivity index is 1.57. The maximum atomic E-state index is 14.8. The van der Waals surface area contributed by atoms with E-state index < -0.39 is 28.5 Å². The first-order valence-electron chi connectivity index (χ1n) is 17.3. The fraction of sp³-hybridized carbons (Fsp3) is 0.350. The molecule has 0 radical (unpaired) electrons. The van der Waals surface area contributed by atoms with Crippen LogP contribution in [0.4, 0.5) is 5.69 Å². The van der Waals surface area contributed by atoms with Crippen LogP contribution in [0.15, 0.2) is 113 Å². The van der Waals surface area contributed by atoms with Crippen LogP contribution >= 0.6 is 11.8 Å². The third-order valence-corrected chi connectivity index (χ3v) is 11.7. The number of hydrogen-bond acceptors (Lipinski definition) is 6. The van der Waals surface area contributed by atoms with Gasteiger partial charge in [0.25, 0.3) is 10.0 Å². The molecule has 2 amide bonds. The molecule has 0 bridgehead atoms. The molecule has 0 unspecified atom stereocenters. The van der Waals surface area contributed by atoms with E-state index in [-0.39, 0.29) is 29.8 Å². The SMILES string of the molecule is CCOc1ccc(N(CC(=O)N(Cc2ccccc2C)[C@H](Cc2ccccc2)C(=O)NC2CCCCC2)S(=O)(=O)c2ccc(SC)cc2)cc1. The Labute approximate surface area is 301 Å². The lowest BCUT2D eigenvalue weighted by molar-refractivity contribution is -0.140. The first-order chi connectivity index (χ1) is 24.2. The highest BCUT2D eigenvalue weighted by atomic mass is 32.2. The Morgan fingerprint density at radius 1 is 0.880 bits per heavy atom. The number of aryl methyl sites for hydroxylation is 1. The summed E-state index contributed by atoms with van der Waals surface area (Å²) in [5.41, 5.74) is 3.08. The number of rotatable bonds is 15. The average Bonchev–Trinajstić information content (AvgIpc) is 3.14. The minimum Gasteiger partial charge on any atom is -0.494 e. The Morgan fingerprint density at radius 2 is 1.54 bits per heavy atom. The van der Waals surface area contributed by atoms with Gasteiger partial charge in [-0.1, -0.05) is 73.9 Å². The van der Waals surface area contributed by atoms with Gasteiger partial charge in [0.15, 0.2) is 0 Å². The van der Waals surface area contributed by atoms with Crippen LogP contribution < -0.4 is 14.4 Å². The largest absolute Gasteiger partial charge is 0.494 e. The molecule has 0 heterocycles. The summed E-state index contributed by atoms with van der Waals surface area (Å²) in [5, 5.41) is 3.26. The lowest BCUT2D eigenvalue weighted by atomic mass is 9.94. The van der Waals surface area contributed by atoms with E-state index in [1.54, 1.807) is 53.4 Å². The molecule has 8 nitrogen and oxygen atoms in total. The Hall–Kier alpha value is -4.28. The summed E-state index contributed by atoms with van der Waals surface area (Å²) in [6.07, 6.45) is 7.24. The van der Waals surface area contributed by atoms with Gasteiger partial charge in [-0.25, -0.2) is 8.42 Å². The molecular weight excluding hydrogens is 667 g/mol. The molecule has 264 valence electrons. The highest BCUT2D eigenvalue weighted by molar-refractivity contribution is 7.98. The zero-order valence-corrected chi connectivity index (χ0v) is 30.7. The predicted octanol–water partition coefficient (Wildman–Crippen LogP) is 7.40. The second-order valence-corrected chi connectivity index (χ2v) is 15.4. The lowest BCUT2D eigenvalue weighted by Gasteiger charge is -2.35. The molecule has 1 aliphatic carbocycles. The summed E-state index contributed by atoms with van der Waals surface area (Å²) in [6, 6.07) is 29.9. The molecule has 1 aliphatic rings. The number of sulfonamides is 1. The number of ether oxygens (including phenoxy) is 1. The molecule has 1 N–H and O–H groups in total. The monoisotopic (exact) mass is 713 g/mol. The average molecular weight is 714 g/mol. The Morgan fingerprint density at radius 3 is 2.18 bits per heavy atom. The van der Waals surface area contributed by atoms with E-state index in [1.165, 1.54) is 11.8 Å². The van der Waals surface area contributed by atoms with Crippen LogP contribution in [-0.4, -0.2) is 56.6 Å². The summed E-state index contributed by atoms with van der Waals surface area (Å²) in [4.78, 5) is 31.7. The minimum absolute atomic E-state index is 0.0370. The second-order valence-electron chi connectivity index (χ2n) is 12.6. The van der Waals surface area contributed by atoms with Gasteiger partial charge < -0.3 is 15.0 Å². The molecule has 4 aromatic rings. The number of thioether (sulfide) groups is 1. The van der Waals surface area contributed by atoms with E-state index in [4.69, 9.17) is 4.74 Å². The highest BCUT2D eigenvalue weighted by Gasteiger charge is 2.35. The van der Waals surface area contributed by atoms with E-state index in [2.05, 4.69) is 5.32 Å². The normalized spacial score (nSPS) is 14.1. The Kier molecular flexibility index (Phi) is 13.0. The fourth-order valence-corrected chi connectivity index (χ4v) is 8.17. The van der Waals surface area contributed by atoms with Gasteiger partial charge in [0.05, 0.1) is 17.2 Å². The smallest absolute Gasteiger partial charge is 0.264 e. The van der Waals surface area contributed by atoms with Crippen molar-refractivity contribution in [1.82, 2.24) is 10.2 Å². The molecule has 0 saturated heterocycles. The van der Waals surface area contributed by atoms with Crippen molar-refractivity contribution in [2.75, 3.05) is 23.7 Å². The van der Waals surface area contributed by atoms with Crippen LogP contribution in [0.3, 0.4) is 0 Å². The van der Waals surface area contributed by atoms with Crippen molar-refractivity contribution in [3.8, 4) is 5.75 Å². The molecule has 1 fully saturated rings. The first kappa shape index (κ1) is 37.0. The molecule has 10 heteroatoms. The Bertz CT molecular complexity index is 1810. The van der Waals surface area contributed by atoms with Crippen molar-refractivity contribution >= 4 is 39.3 Å². The summed E-state index contributed by atoms with van der Waals surface area (Å²) >= 11 is 1.51. The summed E-state index contributed by atoms with van der Waals surface area (Å²) in [6.45, 7) is 3.94. The summed E-state index contributed by atoms with van der Waals surface area (Å²) < 4.78 is 35.6. The molecule has 1 saturated carbocycles. The molecule has 1 atom stereocenters. The van der Waals surface area contributed by atoms with E-state index in [0.29, 0.717) is 18.0 Å². The molecular formula is C40H47N3O5S2. The number of nitrogens with one attached hydrogen (secondary N) is 1. The third-order valence-electron chi connectivity index (χ3n) is 9.19. The van der Waals surface area contributed by atoms with Gasteiger partial charge in [-0.3, -0.25) is 13.9 Å². The summed E-state index contributed by atoms with van der Waals surface area (Å²) in [7, 11) is -4.21. The van der Waals surface area contributed by atoms with Gasteiger partial charge >= 0.3 is 0 Å². The highest BCUT2D eigenvalue weighted by Crippen LogP contribution is 2.29. The topological polar surface area (TPSA) is 96.0 Å². The maximum Gasteiger partial charge on any atom is 0.264 e. The molecule has 0 aromatic heterocycles. The van der Waals surface area contributed by atoms with E-state index >= 15 is 0 Å². The van der Waals surface area contributed by atoms with Crippen LogP contribution in [0.5, 0.6) is 5.75 Å². The molecule has 0 aliphatic heterocycles. The minimum atomic E-state index is -4.21. The maximum absolute atomic E-state index is 14.8. The van der Waals surface area contributed by atoms with Gasteiger partial charge in [-0.05, 0) is 98.2 Å². The van der Waals surface area contributed by atoms with Gasteiger partial charge in [-0.2, -0.15) is 0 Å².